The highest BCUT2D eigenvalue weighted by Crippen LogP contribution is 2.51. The number of ether oxygens (including phenoxy) is 1. The van der Waals surface area contributed by atoms with E-state index in [1.807, 2.05) is 12.1 Å². The summed E-state index contributed by atoms with van der Waals surface area (Å²) >= 11 is 0. The van der Waals surface area contributed by atoms with Gasteiger partial charge in [0.05, 0.1) is 6.54 Å². The topological polar surface area (TPSA) is 66.0 Å². The summed E-state index contributed by atoms with van der Waals surface area (Å²) in [4.78, 5) is 0. The zero-order valence-electron chi connectivity index (χ0n) is 12.3. The number of nitrogens with one attached hydrogen (secondary N) is 1. The van der Waals surface area contributed by atoms with Gasteiger partial charge in [0.25, 0.3) is 0 Å². The molecular formula is C16H16NO5P. The summed E-state index contributed by atoms with van der Waals surface area (Å²) in [6.07, 6.45) is 1.35. The second-order valence-corrected chi connectivity index (χ2v) is 6.07. The monoisotopic (exact) mass is 333 g/mol. The quantitative estimate of drug-likeness (QED) is 0.814. The number of phosphoric ester groups is 1. The third kappa shape index (κ3) is 4.44. The van der Waals surface area contributed by atoms with Crippen molar-refractivity contribution in [2.24, 2.45) is 0 Å². The zero-order valence-corrected chi connectivity index (χ0v) is 13.1. The van der Waals surface area contributed by atoms with E-state index in [0.717, 1.165) is 0 Å². The second kappa shape index (κ2) is 7.11. The van der Waals surface area contributed by atoms with Gasteiger partial charge in [-0.05, 0) is 24.3 Å². The van der Waals surface area contributed by atoms with Gasteiger partial charge in [-0.15, -0.1) is 0 Å². The van der Waals surface area contributed by atoms with Crippen LogP contribution in [0.4, 0.5) is 0 Å². The number of hydrogen-bond donors (Lipinski definition) is 1. The fourth-order valence-corrected chi connectivity index (χ4v) is 3.08. The van der Waals surface area contributed by atoms with Crippen LogP contribution in [-0.4, -0.2) is 13.2 Å². The Morgan fingerprint density at radius 3 is 1.91 bits per heavy atom. The third-order valence-corrected chi connectivity index (χ3v) is 4.13. The lowest BCUT2D eigenvalue weighted by atomic mass is 10.3. The van der Waals surface area contributed by atoms with E-state index in [-0.39, 0.29) is 5.88 Å². The van der Waals surface area contributed by atoms with Crippen molar-refractivity contribution in [1.82, 2.24) is 5.32 Å². The maximum Gasteiger partial charge on any atom is 0.648 e. The van der Waals surface area contributed by atoms with Crippen LogP contribution in [0, 0.1) is 0 Å². The summed E-state index contributed by atoms with van der Waals surface area (Å²) in [7, 11) is -3.94. The van der Waals surface area contributed by atoms with Crippen molar-refractivity contribution in [2.75, 3.05) is 13.2 Å². The summed E-state index contributed by atoms with van der Waals surface area (Å²) in [6, 6.07) is 17.4. The molecule has 1 heterocycles. The molecule has 1 N–H and O–H groups in total. The Kier molecular flexibility index (Phi) is 4.74. The minimum atomic E-state index is -3.94. The fourth-order valence-electron chi connectivity index (χ4n) is 1.86. The molecule has 120 valence electrons. The van der Waals surface area contributed by atoms with Crippen LogP contribution >= 0.6 is 7.82 Å². The van der Waals surface area contributed by atoms with E-state index in [4.69, 9.17) is 18.3 Å². The predicted octanol–water partition coefficient (Wildman–Crippen LogP) is 3.69. The normalized spacial score (nSPS) is 14.0. The molecule has 0 atom stereocenters. The average Bonchev–Trinajstić information content (AvgIpc) is 2.57. The summed E-state index contributed by atoms with van der Waals surface area (Å²) in [5.41, 5.74) is 0. The molecule has 1 aliphatic rings. The van der Waals surface area contributed by atoms with E-state index in [0.29, 0.717) is 24.7 Å². The Morgan fingerprint density at radius 2 is 1.43 bits per heavy atom. The fraction of sp³-hybridized carbons (Fsp3) is 0.125. The molecule has 2 aromatic rings. The molecule has 0 radical (unpaired) electrons. The van der Waals surface area contributed by atoms with Crippen LogP contribution in [0.25, 0.3) is 0 Å². The van der Waals surface area contributed by atoms with E-state index in [1.165, 1.54) is 6.26 Å². The van der Waals surface area contributed by atoms with Gasteiger partial charge in [0, 0.05) is 0 Å². The molecule has 0 aromatic heterocycles. The summed E-state index contributed by atoms with van der Waals surface area (Å²) in [5, 5.41) is 2.93. The lowest BCUT2D eigenvalue weighted by molar-refractivity contribution is 0.174. The predicted molar refractivity (Wildman–Crippen MR) is 84.9 cm³/mol. The highest BCUT2D eigenvalue weighted by Gasteiger charge is 2.34. The van der Waals surface area contributed by atoms with Crippen LogP contribution < -0.4 is 14.4 Å². The number of phosphoric acid groups is 1. The van der Waals surface area contributed by atoms with Crippen LogP contribution in [0.15, 0.2) is 72.8 Å². The van der Waals surface area contributed by atoms with Gasteiger partial charge >= 0.3 is 7.82 Å². The summed E-state index contributed by atoms with van der Waals surface area (Å²) in [6.45, 7) is 1.05. The van der Waals surface area contributed by atoms with E-state index in [2.05, 4.69) is 5.32 Å². The standard InChI is InChI=1S/C16H16NO5P/c18-23(20-14-7-3-1-4-8-14,21-15-9-5-2-6-10-15)22-16-13-19-12-11-17-16/h1-10,13,17H,11-12H2. The number of para-hydroxylation sites is 2. The average molecular weight is 333 g/mol. The Bertz CT molecular complexity index is 659. The van der Waals surface area contributed by atoms with Gasteiger partial charge in [-0.2, -0.15) is 4.57 Å². The van der Waals surface area contributed by atoms with Crippen molar-refractivity contribution in [1.29, 1.82) is 0 Å². The van der Waals surface area contributed by atoms with E-state index >= 15 is 0 Å². The third-order valence-electron chi connectivity index (χ3n) is 2.84. The van der Waals surface area contributed by atoms with Gasteiger partial charge in [-0.1, -0.05) is 36.4 Å². The molecule has 1 aliphatic heterocycles. The van der Waals surface area contributed by atoms with Gasteiger partial charge < -0.3 is 23.6 Å². The van der Waals surface area contributed by atoms with Crippen LogP contribution in [-0.2, 0) is 13.8 Å². The highest BCUT2D eigenvalue weighted by atomic mass is 31.2. The van der Waals surface area contributed by atoms with E-state index < -0.39 is 7.82 Å². The molecule has 0 saturated carbocycles. The van der Waals surface area contributed by atoms with Crippen molar-refractivity contribution >= 4 is 7.82 Å². The minimum absolute atomic E-state index is 0.200. The molecule has 23 heavy (non-hydrogen) atoms. The molecule has 0 saturated heterocycles. The second-order valence-electron chi connectivity index (χ2n) is 4.63. The summed E-state index contributed by atoms with van der Waals surface area (Å²) in [5.74, 6) is 0.958. The molecule has 0 amide bonds. The number of benzene rings is 2. The maximum atomic E-state index is 13.0. The van der Waals surface area contributed by atoms with Crippen molar-refractivity contribution < 1.29 is 22.9 Å². The number of hydrogen-bond acceptors (Lipinski definition) is 6. The van der Waals surface area contributed by atoms with Gasteiger partial charge in [-0.3, -0.25) is 0 Å². The Hall–Kier alpha value is -2.59. The maximum absolute atomic E-state index is 13.0. The molecule has 2 aromatic carbocycles. The Balaban J connectivity index is 1.82. The van der Waals surface area contributed by atoms with E-state index in [1.54, 1.807) is 48.5 Å². The molecule has 0 bridgehead atoms. The molecule has 0 fully saturated rings. The first kappa shape index (κ1) is 15.3. The van der Waals surface area contributed by atoms with Crippen LogP contribution in [0.3, 0.4) is 0 Å². The van der Waals surface area contributed by atoms with Gasteiger partial charge in [0.15, 0.2) is 0 Å². The van der Waals surface area contributed by atoms with Crippen molar-refractivity contribution in [2.45, 2.75) is 0 Å². The largest absolute Gasteiger partial charge is 0.648 e. The highest BCUT2D eigenvalue weighted by molar-refractivity contribution is 7.49. The van der Waals surface area contributed by atoms with E-state index in [9.17, 15) is 4.57 Å². The molecule has 3 rings (SSSR count). The number of rotatable bonds is 6. The van der Waals surface area contributed by atoms with Crippen molar-refractivity contribution in [3.05, 3.63) is 72.8 Å². The molecule has 0 unspecified atom stereocenters. The lowest BCUT2D eigenvalue weighted by Gasteiger charge is -2.22. The van der Waals surface area contributed by atoms with Crippen molar-refractivity contribution in [3.63, 3.8) is 0 Å². The first-order valence-electron chi connectivity index (χ1n) is 7.08. The van der Waals surface area contributed by atoms with Crippen molar-refractivity contribution in [3.8, 4) is 11.5 Å². The molecular weight excluding hydrogens is 317 g/mol. The lowest BCUT2D eigenvalue weighted by Crippen LogP contribution is -2.25. The van der Waals surface area contributed by atoms with Gasteiger partial charge in [-0.25, -0.2) is 0 Å². The van der Waals surface area contributed by atoms with Crippen LogP contribution in [0.2, 0.25) is 0 Å². The zero-order chi connectivity index (χ0) is 16.0. The molecule has 0 spiro atoms. The molecule has 7 heteroatoms. The molecule has 6 nitrogen and oxygen atoms in total. The van der Waals surface area contributed by atoms with Gasteiger partial charge in [0.2, 0.25) is 5.88 Å². The first-order valence-corrected chi connectivity index (χ1v) is 8.54. The van der Waals surface area contributed by atoms with Gasteiger partial charge in [0.1, 0.15) is 24.4 Å². The van der Waals surface area contributed by atoms with Crippen LogP contribution in [0.5, 0.6) is 11.5 Å². The summed E-state index contributed by atoms with van der Waals surface area (Å²) < 4.78 is 34.6. The molecule has 0 aliphatic carbocycles. The smallest absolute Gasteiger partial charge is 0.494 e. The minimum Gasteiger partial charge on any atom is -0.494 e. The van der Waals surface area contributed by atoms with Crippen LogP contribution in [0.1, 0.15) is 0 Å². The first-order chi connectivity index (χ1) is 11.2. The Labute approximate surface area is 134 Å². The Morgan fingerprint density at radius 1 is 0.870 bits per heavy atom. The SMILES string of the molecule is O=P(OC1=COCCN1)(Oc1ccccc1)Oc1ccccc1.